The van der Waals surface area contributed by atoms with E-state index in [2.05, 4.69) is 33.6 Å². The van der Waals surface area contributed by atoms with Gasteiger partial charge in [-0.1, -0.05) is 43.4 Å². The topological polar surface area (TPSA) is 56.6 Å². The Hall–Kier alpha value is -1.92. The first-order valence-electron chi connectivity index (χ1n) is 13.7. The fourth-order valence-corrected chi connectivity index (χ4v) is 4.13. The summed E-state index contributed by atoms with van der Waals surface area (Å²) in [5.74, 6) is 0.891. The molecule has 0 aliphatic carbocycles. The predicted octanol–water partition coefficient (Wildman–Crippen LogP) is 6.50. The van der Waals surface area contributed by atoms with E-state index in [-0.39, 0.29) is 5.97 Å². The molecule has 0 amide bonds. The van der Waals surface area contributed by atoms with Gasteiger partial charge in [-0.05, 0) is 85.4 Å². The number of aryl methyl sites for hydroxylation is 2. The second kappa shape index (κ2) is 21.4. The zero-order valence-corrected chi connectivity index (χ0v) is 23.0. The lowest BCUT2D eigenvalue weighted by atomic mass is 10.1. The van der Waals surface area contributed by atoms with Crippen molar-refractivity contribution >= 4 is 5.97 Å². The number of allylic oxidation sites excluding steroid dienone is 3. The summed E-state index contributed by atoms with van der Waals surface area (Å²) in [4.78, 5) is 18.9. The van der Waals surface area contributed by atoms with E-state index in [1.54, 1.807) is 13.2 Å². The van der Waals surface area contributed by atoms with Gasteiger partial charge in [-0.15, -0.1) is 0 Å². The van der Waals surface area contributed by atoms with Crippen LogP contribution in [0.25, 0.3) is 0 Å². The Bertz CT molecular complexity index is 712. The van der Waals surface area contributed by atoms with Crippen LogP contribution in [-0.4, -0.2) is 60.4 Å². The summed E-state index contributed by atoms with van der Waals surface area (Å²) in [5.41, 5.74) is 1.08. The van der Waals surface area contributed by atoms with Crippen LogP contribution in [0, 0.1) is 6.92 Å². The highest BCUT2D eigenvalue weighted by Crippen LogP contribution is 2.09. The van der Waals surface area contributed by atoms with Crippen LogP contribution in [0.2, 0.25) is 0 Å². The number of methoxy groups -OCH3 is 1. The summed E-state index contributed by atoms with van der Waals surface area (Å²) in [7, 11) is 1.78. The van der Waals surface area contributed by atoms with E-state index in [9.17, 15) is 4.79 Å². The molecular formula is C29H51N3O3. The van der Waals surface area contributed by atoms with E-state index in [4.69, 9.17) is 9.47 Å². The molecule has 0 aliphatic rings. The highest BCUT2D eigenvalue weighted by molar-refractivity contribution is 5.82. The number of carbonyl (C=O) groups excluding carboxylic acids is 1. The number of aromatic nitrogens is 2. The number of rotatable bonds is 22. The smallest absolute Gasteiger partial charge is 0.330 e. The van der Waals surface area contributed by atoms with Gasteiger partial charge in [-0.3, -0.25) is 0 Å². The van der Waals surface area contributed by atoms with E-state index < -0.39 is 0 Å². The van der Waals surface area contributed by atoms with Gasteiger partial charge in [0.25, 0.3) is 0 Å². The third kappa shape index (κ3) is 17.2. The average molecular weight is 490 g/mol. The van der Waals surface area contributed by atoms with Crippen molar-refractivity contribution in [1.82, 2.24) is 14.5 Å². The Kier molecular flexibility index (Phi) is 19.0. The molecular weight excluding hydrogens is 438 g/mol. The number of esters is 1. The Labute approximate surface area is 214 Å². The van der Waals surface area contributed by atoms with Crippen LogP contribution >= 0.6 is 0 Å². The molecule has 1 rings (SSSR count). The molecule has 0 bridgehead atoms. The predicted molar refractivity (Wildman–Crippen MR) is 146 cm³/mol. The molecule has 0 spiro atoms. The average Bonchev–Trinajstić information content (AvgIpc) is 3.24. The molecule has 0 N–H and O–H groups in total. The maximum Gasteiger partial charge on any atom is 0.330 e. The largest absolute Gasteiger partial charge is 0.463 e. The summed E-state index contributed by atoms with van der Waals surface area (Å²) in [6, 6.07) is 0. The van der Waals surface area contributed by atoms with Crippen molar-refractivity contribution in [3.05, 3.63) is 42.0 Å². The fraction of sp³-hybridized carbons (Fsp3) is 0.724. The van der Waals surface area contributed by atoms with Gasteiger partial charge in [0.2, 0.25) is 0 Å². The number of hydrogen-bond donors (Lipinski definition) is 0. The monoisotopic (exact) mass is 489 g/mol. The van der Waals surface area contributed by atoms with Gasteiger partial charge in [-0.25, -0.2) is 9.78 Å². The number of imidazole rings is 1. The van der Waals surface area contributed by atoms with Crippen molar-refractivity contribution in [3.63, 3.8) is 0 Å². The third-order valence-corrected chi connectivity index (χ3v) is 6.29. The molecule has 0 aromatic carbocycles. The minimum absolute atomic E-state index is 0.201. The molecule has 1 heterocycles. The Balaban J connectivity index is 2.21. The number of nitrogens with zero attached hydrogens (tertiary/aromatic N) is 3. The minimum atomic E-state index is -0.201. The normalized spacial score (nSPS) is 12.2. The van der Waals surface area contributed by atoms with Gasteiger partial charge in [0.05, 0.1) is 6.61 Å². The number of hydrogen-bond acceptors (Lipinski definition) is 5. The Morgan fingerprint density at radius 2 is 1.66 bits per heavy atom. The van der Waals surface area contributed by atoms with Crippen LogP contribution in [0.15, 0.2) is 36.2 Å². The SMILES string of the molecule is C/C=C/CC/C(C)=C/C(=O)OCCCCCCN(CCCCCCOC)CCCn1ccnc1C. The molecule has 0 fully saturated rings. The molecule has 0 saturated heterocycles. The lowest BCUT2D eigenvalue weighted by Crippen LogP contribution is -2.28. The molecule has 1 aromatic heterocycles. The lowest BCUT2D eigenvalue weighted by molar-refractivity contribution is -0.137. The number of ether oxygens (including phenoxy) is 2. The van der Waals surface area contributed by atoms with Crippen LogP contribution in [0.5, 0.6) is 0 Å². The van der Waals surface area contributed by atoms with Gasteiger partial charge >= 0.3 is 5.97 Å². The van der Waals surface area contributed by atoms with E-state index in [0.717, 1.165) is 76.2 Å². The standard InChI is InChI=1S/C29H51N3O3/c1-5-6-11-17-27(2)26-29(33)35-25-15-10-8-13-20-31(19-12-7-9-14-24-34-4)21-16-22-32-23-18-30-28(32)3/h5-6,18,23,26H,7-17,19-22,24-25H2,1-4H3/b6-5+,27-26+. The molecule has 6 heteroatoms. The molecule has 0 saturated carbocycles. The zero-order valence-electron chi connectivity index (χ0n) is 23.0. The molecule has 0 aliphatic heterocycles. The Morgan fingerprint density at radius 1 is 1.00 bits per heavy atom. The third-order valence-electron chi connectivity index (χ3n) is 6.29. The van der Waals surface area contributed by atoms with Crippen molar-refractivity contribution in [1.29, 1.82) is 0 Å². The van der Waals surface area contributed by atoms with E-state index in [1.807, 2.05) is 26.1 Å². The van der Waals surface area contributed by atoms with Gasteiger partial charge in [-0.2, -0.15) is 0 Å². The van der Waals surface area contributed by atoms with E-state index in [1.165, 1.54) is 38.6 Å². The van der Waals surface area contributed by atoms with Crippen LogP contribution in [0.3, 0.4) is 0 Å². The van der Waals surface area contributed by atoms with Gasteiger partial charge in [0.15, 0.2) is 0 Å². The van der Waals surface area contributed by atoms with Crippen molar-refractivity contribution in [2.75, 3.05) is 40.0 Å². The van der Waals surface area contributed by atoms with Gasteiger partial charge < -0.3 is 18.9 Å². The summed E-state index contributed by atoms with van der Waals surface area (Å²) in [6.07, 6.45) is 22.2. The maximum absolute atomic E-state index is 11.9. The molecule has 1 aromatic rings. The zero-order chi connectivity index (χ0) is 25.6. The van der Waals surface area contributed by atoms with Gasteiger partial charge in [0, 0.05) is 38.7 Å². The van der Waals surface area contributed by atoms with Crippen LogP contribution in [-0.2, 0) is 20.8 Å². The Morgan fingerprint density at radius 3 is 2.29 bits per heavy atom. The molecule has 200 valence electrons. The quantitative estimate of drug-likeness (QED) is 0.0805. The van der Waals surface area contributed by atoms with Crippen molar-refractivity contribution < 1.29 is 14.3 Å². The number of unbranched alkanes of at least 4 members (excludes halogenated alkanes) is 6. The number of carbonyl (C=O) groups is 1. The lowest BCUT2D eigenvalue weighted by Gasteiger charge is -2.22. The maximum atomic E-state index is 11.9. The van der Waals surface area contributed by atoms with Crippen molar-refractivity contribution in [3.8, 4) is 0 Å². The van der Waals surface area contributed by atoms with E-state index >= 15 is 0 Å². The molecule has 0 atom stereocenters. The molecule has 0 radical (unpaired) electrons. The second-order valence-corrected chi connectivity index (χ2v) is 9.45. The van der Waals surface area contributed by atoms with Crippen molar-refractivity contribution in [2.24, 2.45) is 0 Å². The molecule has 35 heavy (non-hydrogen) atoms. The first-order chi connectivity index (χ1) is 17.1. The summed E-state index contributed by atoms with van der Waals surface area (Å²) >= 11 is 0. The van der Waals surface area contributed by atoms with Gasteiger partial charge in [0.1, 0.15) is 5.82 Å². The molecule has 6 nitrogen and oxygen atoms in total. The summed E-state index contributed by atoms with van der Waals surface area (Å²) in [5, 5.41) is 0. The fourth-order valence-electron chi connectivity index (χ4n) is 4.13. The summed E-state index contributed by atoms with van der Waals surface area (Å²) < 4.78 is 12.8. The first-order valence-corrected chi connectivity index (χ1v) is 13.7. The van der Waals surface area contributed by atoms with E-state index in [0.29, 0.717) is 6.61 Å². The highest BCUT2D eigenvalue weighted by Gasteiger charge is 2.06. The first kappa shape index (κ1) is 31.1. The van der Waals surface area contributed by atoms with Crippen LogP contribution < -0.4 is 0 Å². The van der Waals surface area contributed by atoms with Crippen LogP contribution in [0.1, 0.15) is 90.3 Å². The highest BCUT2D eigenvalue weighted by atomic mass is 16.5. The van der Waals surface area contributed by atoms with Crippen molar-refractivity contribution in [2.45, 2.75) is 97.9 Å². The van der Waals surface area contributed by atoms with Crippen LogP contribution in [0.4, 0.5) is 0 Å². The summed E-state index contributed by atoms with van der Waals surface area (Å²) in [6.45, 7) is 12.0. The minimum Gasteiger partial charge on any atom is -0.463 e. The second-order valence-electron chi connectivity index (χ2n) is 9.45. The molecule has 0 unspecified atom stereocenters.